The topological polar surface area (TPSA) is 78.8 Å². The average molecular weight is 416 g/mol. The van der Waals surface area contributed by atoms with Gasteiger partial charge < -0.3 is 20.3 Å². The lowest BCUT2D eigenvalue weighted by Crippen LogP contribution is -2.25. The van der Waals surface area contributed by atoms with Crippen molar-refractivity contribution >= 4 is 6.09 Å². The molecule has 1 amide bonds. The number of phenols is 2. The Balaban J connectivity index is 2.49. The van der Waals surface area contributed by atoms with Crippen LogP contribution in [-0.4, -0.2) is 22.9 Å². The molecule has 0 bridgehead atoms. The third-order valence-corrected chi connectivity index (χ3v) is 5.96. The Morgan fingerprint density at radius 1 is 1.30 bits per heavy atom. The zero-order chi connectivity index (χ0) is 22.3. The molecule has 0 aliphatic heterocycles. The summed E-state index contributed by atoms with van der Waals surface area (Å²) < 4.78 is 4.97. The highest BCUT2D eigenvalue weighted by molar-refractivity contribution is 5.68. The molecular weight excluding hydrogens is 378 g/mol. The summed E-state index contributed by atoms with van der Waals surface area (Å²) in [7, 11) is 0. The Labute approximate surface area is 180 Å². The van der Waals surface area contributed by atoms with Gasteiger partial charge >= 0.3 is 6.09 Å². The van der Waals surface area contributed by atoms with Crippen LogP contribution in [0, 0.1) is 5.92 Å². The highest BCUT2D eigenvalue weighted by Crippen LogP contribution is 2.48. The largest absolute Gasteiger partial charge is 0.507 e. The number of hydrogen-bond donors (Lipinski definition) is 3. The summed E-state index contributed by atoms with van der Waals surface area (Å²) in [4.78, 5) is 11.9. The van der Waals surface area contributed by atoms with Crippen molar-refractivity contribution in [2.45, 2.75) is 78.7 Å². The number of aryl methyl sites for hydroxylation is 1. The number of aromatic hydroxyl groups is 2. The maximum atomic E-state index is 11.9. The molecule has 0 heterocycles. The van der Waals surface area contributed by atoms with Gasteiger partial charge in [-0.15, -0.1) is 0 Å². The van der Waals surface area contributed by atoms with Crippen molar-refractivity contribution in [1.82, 2.24) is 5.32 Å². The van der Waals surface area contributed by atoms with Crippen molar-refractivity contribution in [3.05, 3.63) is 46.6 Å². The third kappa shape index (κ3) is 5.80. The van der Waals surface area contributed by atoms with Gasteiger partial charge in [0, 0.05) is 17.0 Å². The fourth-order valence-electron chi connectivity index (χ4n) is 4.33. The molecule has 0 spiro atoms. The summed E-state index contributed by atoms with van der Waals surface area (Å²) in [6, 6.07) is 1.76. The first kappa shape index (κ1) is 23.8. The van der Waals surface area contributed by atoms with Gasteiger partial charge in [0.2, 0.25) is 0 Å². The molecule has 1 aromatic rings. The van der Waals surface area contributed by atoms with Crippen molar-refractivity contribution in [3.63, 3.8) is 0 Å². The molecule has 30 heavy (non-hydrogen) atoms. The minimum atomic E-state index is -0.515. The first-order valence-corrected chi connectivity index (χ1v) is 11.1. The number of phenolic OH excluding ortho intramolecular Hbond substituents is 2. The number of ether oxygens (including phenoxy) is 1. The van der Waals surface area contributed by atoms with Crippen LogP contribution in [0.3, 0.4) is 0 Å². The van der Waals surface area contributed by atoms with Crippen LogP contribution in [0.2, 0.25) is 0 Å². The Hall–Kier alpha value is -2.43. The smallest absolute Gasteiger partial charge is 0.407 e. The van der Waals surface area contributed by atoms with Crippen molar-refractivity contribution in [2.75, 3.05) is 6.61 Å². The lowest BCUT2D eigenvalue weighted by atomic mass is 9.73. The number of benzene rings is 1. The number of alkyl carbamates (subject to hydrolysis) is 1. The molecule has 2 rings (SSSR count). The maximum Gasteiger partial charge on any atom is 0.407 e. The summed E-state index contributed by atoms with van der Waals surface area (Å²) in [5.74, 6) is 0.200. The van der Waals surface area contributed by atoms with Gasteiger partial charge in [0.05, 0.1) is 13.2 Å². The Morgan fingerprint density at radius 3 is 2.67 bits per heavy atom. The Kier molecular flexibility index (Phi) is 8.82. The van der Waals surface area contributed by atoms with E-state index in [4.69, 9.17) is 4.74 Å². The molecule has 2 atom stereocenters. The number of unbranched alkanes of at least 4 members (excludes halogenated alkanes) is 2. The molecule has 1 aliphatic rings. The van der Waals surface area contributed by atoms with E-state index in [-0.39, 0.29) is 36.5 Å². The van der Waals surface area contributed by atoms with Crippen LogP contribution in [0.1, 0.15) is 82.4 Å². The molecular formula is C25H37NO4. The second-order valence-electron chi connectivity index (χ2n) is 8.36. The minimum Gasteiger partial charge on any atom is -0.507 e. The molecule has 2 unspecified atom stereocenters. The van der Waals surface area contributed by atoms with E-state index in [0.29, 0.717) is 11.1 Å². The van der Waals surface area contributed by atoms with Crippen LogP contribution >= 0.6 is 0 Å². The molecule has 5 nitrogen and oxygen atoms in total. The van der Waals surface area contributed by atoms with Crippen LogP contribution in [0.15, 0.2) is 29.9 Å². The first-order valence-electron chi connectivity index (χ1n) is 11.1. The summed E-state index contributed by atoms with van der Waals surface area (Å²) >= 11 is 0. The number of hydrogen-bond acceptors (Lipinski definition) is 4. The number of allylic oxidation sites excluding steroid dienone is 3. The molecule has 1 aliphatic carbocycles. The summed E-state index contributed by atoms with van der Waals surface area (Å²) in [6.45, 7) is 12.6. The standard InChI is InChI=1S/C25H37NO4/c1-6-8-9-10-18-14-22(27)23(20-13-17(5)11-12-19(20)16(3)4)24(28)21(18)15-26-25(29)30-7-2/h13-14,19-20,27-28H,3,6-12,15H2,1-2,4-5H3,(H,26,29). The van der Waals surface area contributed by atoms with E-state index >= 15 is 0 Å². The highest BCUT2D eigenvalue weighted by Gasteiger charge is 2.31. The van der Waals surface area contributed by atoms with Crippen LogP contribution < -0.4 is 5.32 Å². The number of rotatable bonds is 9. The van der Waals surface area contributed by atoms with E-state index in [9.17, 15) is 15.0 Å². The second-order valence-corrected chi connectivity index (χ2v) is 8.36. The Bertz CT molecular complexity index is 797. The molecule has 0 radical (unpaired) electrons. The van der Waals surface area contributed by atoms with Gasteiger partial charge in [0.1, 0.15) is 11.5 Å². The van der Waals surface area contributed by atoms with Gasteiger partial charge in [-0.2, -0.15) is 0 Å². The highest BCUT2D eigenvalue weighted by atomic mass is 16.5. The molecule has 0 saturated carbocycles. The Morgan fingerprint density at radius 2 is 2.03 bits per heavy atom. The molecule has 5 heteroatoms. The molecule has 0 aromatic heterocycles. The normalized spacial score (nSPS) is 18.6. The van der Waals surface area contributed by atoms with Crippen molar-refractivity contribution in [2.24, 2.45) is 5.92 Å². The third-order valence-electron chi connectivity index (χ3n) is 5.96. The molecule has 0 saturated heterocycles. The van der Waals surface area contributed by atoms with Crippen molar-refractivity contribution in [1.29, 1.82) is 0 Å². The lowest BCUT2D eigenvalue weighted by Gasteiger charge is -2.32. The minimum absolute atomic E-state index is 0.0699. The number of carbonyl (C=O) groups excluding carboxylic acids is 1. The summed E-state index contributed by atoms with van der Waals surface area (Å²) in [5, 5.41) is 24.9. The van der Waals surface area contributed by atoms with Crippen LogP contribution in [0.5, 0.6) is 11.5 Å². The van der Waals surface area contributed by atoms with Gasteiger partial charge in [-0.25, -0.2) is 4.79 Å². The summed E-state index contributed by atoms with van der Waals surface area (Å²) in [6.07, 6.45) is 7.39. The van der Waals surface area contributed by atoms with Crippen molar-refractivity contribution < 1.29 is 19.7 Å². The van der Waals surface area contributed by atoms with Gasteiger partial charge in [-0.3, -0.25) is 0 Å². The van der Waals surface area contributed by atoms with E-state index in [1.807, 2.05) is 6.92 Å². The van der Waals surface area contributed by atoms with E-state index in [2.05, 4.69) is 31.8 Å². The zero-order valence-electron chi connectivity index (χ0n) is 18.9. The van der Waals surface area contributed by atoms with E-state index in [0.717, 1.165) is 49.7 Å². The monoisotopic (exact) mass is 415 g/mol. The van der Waals surface area contributed by atoms with E-state index in [1.54, 1.807) is 13.0 Å². The predicted molar refractivity (Wildman–Crippen MR) is 121 cm³/mol. The number of amides is 1. The van der Waals surface area contributed by atoms with Gasteiger partial charge in [-0.1, -0.05) is 43.6 Å². The SMILES string of the molecule is C=C(C)C1CCC(C)=CC1c1c(O)cc(CCCCC)c(CNC(=O)OCC)c1O. The van der Waals surface area contributed by atoms with Gasteiger partial charge in [-0.05, 0) is 64.0 Å². The second kappa shape index (κ2) is 11.1. The van der Waals surface area contributed by atoms with Crippen LogP contribution in [0.4, 0.5) is 4.79 Å². The fraction of sp³-hybridized carbons (Fsp3) is 0.560. The van der Waals surface area contributed by atoms with Gasteiger partial charge in [0.25, 0.3) is 0 Å². The molecule has 1 aromatic carbocycles. The lowest BCUT2D eigenvalue weighted by molar-refractivity contribution is 0.151. The van der Waals surface area contributed by atoms with E-state index < -0.39 is 6.09 Å². The molecule has 166 valence electrons. The quantitative estimate of drug-likeness (QED) is 0.337. The van der Waals surface area contributed by atoms with E-state index in [1.165, 1.54) is 5.57 Å². The number of carbonyl (C=O) groups is 1. The van der Waals surface area contributed by atoms with Crippen LogP contribution in [0.25, 0.3) is 0 Å². The van der Waals surface area contributed by atoms with Crippen LogP contribution in [-0.2, 0) is 17.7 Å². The van der Waals surface area contributed by atoms with Gasteiger partial charge in [0.15, 0.2) is 0 Å². The van der Waals surface area contributed by atoms with Crippen molar-refractivity contribution in [3.8, 4) is 11.5 Å². The molecule has 0 fully saturated rings. The molecule has 3 N–H and O–H groups in total. The first-order chi connectivity index (χ1) is 14.3. The number of nitrogens with one attached hydrogen (secondary N) is 1. The maximum absolute atomic E-state index is 11.9. The fourth-order valence-corrected chi connectivity index (χ4v) is 4.33. The summed E-state index contributed by atoms with van der Waals surface area (Å²) in [5.41, 5.74) is 4.34. The average Bonchev–Trinajstić information content (AvgIpc) is 2.67. The zero-order valence-corrected chi connectivity index (χ0v) is 18.9. The predicted octanol–water partition coefficient (Wildman–Crippen LogP) is 6.09.